The number of benzene rings is 2. The van der Waals surface area contributed by atoms with Crippen LogP contribution in [0.3, 0.4) is 0 Å². The van der Waals surface area contributed by atoms with Crippen LogP contribution in [0.2, 0.25) is 0 Å². The van der Waals surface area contributed by atoms with E-state index >= 15 is 0 Å². The Morgan fingerprint density at radius 2 is 1.63 bits per heavy atom. The van der Waals surface area contributed by atoms with Crippen molar-refractivity contribution in [2.24, 2.45) is 4.99 Å². The SMILES string of the molecule is CN=C(NCc1c(OC)cc(OC)cc1OC)NCC(C)Oc1cccc(C)c1.I. The van der Waals surface area contributed by atoms with Gasteiger partial charge in [0.1, 0.15) is 29.1 Å². The number of guanidine groups is 1. The van der Waals surface area contributed by atoms with E-state index in [1.807, 2.05) is 50.2 Å². The van der Waals surface area contributed by atoms with Crippen LogP contribution in [0.5, 0.6) is 23.0 Å². The van der Waals surface area contributed by atoms with Crippen molar-refractivity contribution < 1.29 is 18.9 Å². The quantitative estimate of drug-likeness (QED) is 0.293. The number of rotatable bonds is 9. The molecule has 0 amide bonds. The smallest absolute Gasteiger partial charge is 0.191 e. The third-order valence-corrected chi connectivity index (χ3v) is 4.36. The molecule has 8 heteroatoms. The predicted molar refractivity (Wildman–Crippen MR) is 131 cm³/mol. The van der Waals surface area contributed by atoms with Gasteiger partial charge < -0.3 is 29.6 Å². The highest BCUT2D eigenvalue weighted by Crippen LogP contribution is 2.33. The van der Waals surface area contributed by atoms with Crippen molar-refractivity contribution in [3.05, 3.63) is 47.5 Å². The predicted octanol–water partition coefficient (Wildman–Crippen LogP) is 3.77. The lowest BCUT2D eigenvalue weighted by Gasteiger charge is -2.19. The molecule has 0 saturated heterocycles. The molecule has 0 aromatic heterocycles. The first-order valence-electron chi connectivity index (χ1n) is 9.47. The summed E-state index contributed by atoms with van der Waals surface area (Å²) in [6.45, 7) is 5.13. The summed E-state index contributed by atoms with van der Waals surface area (Å²) in [5.74, 6) is 3.55. The van der Waals surface area contributed by atoms with Crippen molar-refractivity contribution in [3.8, 4) is 23.0 Å². The number of hydrogen-bond donors (Lipinski definition) is 2. The third-order valence-electron chi connectivity index (χ3n) is 4.36. The summed E-state index contributed by atoms with van der Waals surface area (Å²) in [4.78, 5) is 4.27. The van der Waals surface area contributed by atoms with E-state index in [0.717, 1.165) is 11.3 Å². The molecule has 2 N–H and O–H groups in total. The van der Waals surface area contributed by atoms with Gasteiger partial charge in [-0.3, -0.25) is 4.99 Å². The minimum absolute atomic E-state index is 0. The van der Waals surface area contributed by atoms with Gasteiger partial charge >= 0.3 is 0 Å². The van der Waals surface area contributed by atoms with E-state index in [1.165, 1.54) is 5.56 Å². The number of aliphatic imine (C=N–C) groups is 1. The number of nitrogens with zero attached hydrogens (tertiary/aromatic N) is 1. The Morgan fingerprint density at radius 1 is 0.967 bits per heavy atom. The summed E-state index contributed by atoms with van der Waals surface area (Å²) < 4.78 is 22.2. The summed E-state index contributed by atoms with van der Waals surface area (Å²) in [7, 11) is 6.58. The van der Waals surface area contributed by atoms with Gasteiger partial charge in [-0.2, -0.15) is 0 Å². The number of ether oxygens (including phenoxy) is 4. The fraction of sp³-hybridized carbons (Fsp3) is 0.409. The Kier molecular flexibility index (Phi) is 11.2. The van der Waals surface area contributed by atoms with Crippen molar-refractivity contribution in [1.29, 1.82) is 0 Å². The fourth-order valence-electron chi connectivity index (χ4n) is 2.85. The summed E-state index contributed by atoms with van der Waals surface area (Å²) in [6, 6.07) is 11.7. The van der Waals surface area contributed by atoms with Gasteiger partial charge in [-0.25, -0.2) is 0 Å². The summed E-state index contributed by atoms with van der Waals surface area (Å²) in [6.07, 6.45) is -0.0274. The molecule has 0 saturated carbocycles. The molecule has 2 aromatic carbocycles. The number of aryl methyl sites for hydroxylation is 1. The normalized spacial score (nSPS) is 11.7. The van der Waals surface area contributed by atoms with Crippen LogP contribution in [0, 0.1) is 6.92 Å². The summed E-state index contributed by atoms with van der Waals surface area (Å²) >= 11 is 0. The lowest BCUT2D eigenvalue weighted by Crippen LogP contribution is -2.41. The Balaban J connectivity index is 0.00000450. The first-order chi connectivity index (χ1) is 14.0. The van der Waals surface area contributed by atoms with Gasteiger partial charge in [0, 0.05) is 19.2 Å². The number of nitrogens with one attached hydrogen (secondary N) is 2. The minimum atomic E-state index is -0.0274. The Morgan fingerprint density at radius 3 is 2.17 bits per heavy atom. The Bertz CT molecular complexity index is 805. The Hall–Kier alpha value is -2.36. The first kappa shape index (κ1) is 25.7. The van der Waals surface area contributed by atoms with Crippen LogP contribution in [0.1, 0.15) is 18.1 Å². The second-order valence-corrected chi connectivity index (χ2v) is 6.56. The van der Waals surface area contributed by atoms with Gasteiger partial charge in [-0.15, -0.1) is 24.0 Å². The molecule has 0 aliphatic rings. The maximum Gasteiger partial charge on any atom is 0.191 e. The molecule has 7 nitrogen and oxygen atoms in total. The van der Waals surface area contributed by atoms with Crippen molar-refractivity contribution in [2.75, 3.05) is 34.9 Å². The van der Waals surface area contributed by atoms with E-state index < -0.39 is 0 Å². The monoisotopic (exact) mass is 529 g/mol. The molecule has 1 atom stereocenters. The Labute approximate surface area is 196 Å². The molecule has 30 heavy (non-hydrogen) atoms. The van der Waals surface area contributed by atoms with E-state index in [4.69, 9.17) is 18.9 Å². The topological polar surface area (TPSA) is 73.3 Å². The molecule has 1 unspecified atom stereocenters. The highest BCUT2D eigenvalue weighted by atomic mass is 127. The minimum Gasteiger partial charge on any atom is -0.496 e. The largest absolute Gasteiger partial charge is 0.496 e. The van der Waals surface area contributed by atoms with Crippen LogP contribution < -0.4 is 29.6 Å². The zero-order valence-electron chi connectivity index (χ0n) is 18.4. The van der Waals surface area contributed by atoms with Crippen LogP contribution in [-0.2, 0) is 6.54 Å². The van der Waals surface area contributed by atoms with Gasteiger partial charge in [0.25, 0.3) is 0 Å². The molecular formula is C22H32IN3O4. The average Bonchev–Trinajstić information content (AvgIpc) is 2.73. The number of halogens is 1. The molecule has 166 valence electrons. The molecular weight excluding hydrogens is 497 g/mol. The molecule has 0 aliphatic carbocycles. The highest BCUT2D eigenvalue weighted by molar-refractivity contribution is 14.0. The van der Waals surface area contributed by atoms with E-state index in [0.29, 0.717) is 36.3 Å². The molecule has 0 aliphatic heterocycles. The van der Waals surface area contributed by atoms with Gasteiger partial charge in [-0.1, -0.05) is 12.1 Å². The van der Waals surface area contributed by atoms with E-state index in [2.05, 4.69) is 15.6 Å². The van der Waals surface area contributed by atoms with Crippen LogP contribution in [-0.4, -0.2) is 47.0 Å². The highest BCUT2D eigenvalue weighted by Gasteiger charge is 2.14. The van der Waals surface area contributed by atoms with Crippen LogP contribution in [0.4, 0.5) is 0 Å². The lowest BCUT2D eigenvalue weighted by atomic mass is 10.1. The lowest BCUT2D eigenvalue weighted by molar-refractivity contribution is 0.223. The molecule has 0 fully saturated rings. The summed E-state index contributed by atoms with van der Waals surface area (Å²) in [5, 5.41) is 6.56. The van der Waals surface area contributed by atoms with Crippen molar-refractivity contribution >= 4 is 29.9 Å². The fourth-order valence-corrected chi connectivity index (χ4v) is 2.85. The van der Waals surface area contributed by atoms with Crippen LogP contribution >= 0.6 is 24.0 Å². The van der Waals surface area contributed by atoms with Gasteiger partial charge in [0.05, 0.1) is 40.0 Å². The average molecular weight is 529 g/mol. The molecule has 0 heterocycles. The van der Waals surface area contributed by atoms with Gasteiger partial charge in [0.2, 0.25) is 0 Å². The van der Waals surface area contributed by atoms with Gasteiger partial charge in [0.15, 0.2) is 5.96 Å². The molecule has 0 radical (unpaired) electrons. The molecule has 0 bridgehead atoms. The van der Waals surface area contributed by atoms with Crippen LogP contribution in [0.15, 0.2) is 41.4 Å². The summed E-state index contributed by atoms with van der Waals surface area (Å²) in [5.41, 5.74) is 2.05. The second kappa shape index (κ2) is 13.0. The van der Waals surface area contributed by atoms with E-state index in [1.54, 1.807) is 28.4 Å². The van der Waals surface area contributed by atoms with Crippen molar-refractivity contribution in [2.45, 2.75) is 26.5 Å². The molecule has 0 spiro atoms. The zero-order valence-corrected chi connectivity index (χ0v) is 20.8. The molecule has 2 aromatic rings. The maximum absolute atomic E-state index is 5.95. The number of hydrogen-bond acceptors (Lipinski definition) is 5. The van der Waals surface area contributed by atoms with Gasteiger partial charge in [-0.05, 0) is 31.5 Å². The standard InChI is InChI=1S/C22H31N3O4.HI/c1-15-8-7-9-17(10-15)29-16(2)13-24-22(23-3)25-14-19-20(27-5)11-18(26-4)12-21(19)28-6;/h7-12,16H,13-14H2,1-6H3,(H2,23,24,25);1H. The van der Waals surface area contributed by atoms with Crippen molar-refractivity contribution in [3.63, 3.8) is 0 Å². The maximum atomic E-state index is 5.95. The van der Waals surface area contributed by atoms with Crippen molar-refractivity contribution in [1.82, 2.24) is 10.6 Å². The zero-order chi connectivity index (χ0) is 21.2. The third kappa shape index (κ3) is 7.47. The van der Waals surface area contributed by atoms with E-state index in [9.17, 15) is 0 Å². The van der Waals surface area contributed by atoms with Crippen LogP contribution in [0.25, 0.3) is 0 Å². The second-order valence-electron chi connectivity index (χ2n) is 6.56. The number of methoxy groups -OCH3 is 3. The van der Waals surface area contributed by atoms with E-state index in [-0.39, 0.29) is 30.1 Å². The molecule has 2 rings (SSSR count). The first-order valence-corrected chi connectivity index (χ1v) is 9.47.